The number of nitrogens with zero attached hydrogens (tertiary/aromatic N) is 2. The van der Waals surface area contributed by atoms with Gasteiger partial charge in [0.25, 0.3) is 0 Å². The van der Waals surface area contributed by atoms with E-state index >= 15 is 0 Å². The molecular weight excluding hydrogens is 398 g/mol. The number of terminal acetylenes is 1. The molecule has 0 radical (unpaired) electrons. The van der Waals surface area contributed by atoms with E-state index in [1.165, 1.54) is 23.6 Å². The summed E-state index contributed by atoms with van der Waals surface area (Å²) < 4.78 is 5.67. The van der Waals surface area contributed by atoms with E-state index in [-0.39, 0.29) is 18.1 Å². The molecule has 7 heteroatoms. The summed E-state index contributed by atoms with van der Waals surface area (Å²) in [6.07, 6.45) is 17.2. The van der Waals surface area contributed by atoms with E-state index in [4.69, 9.17) is 11.2 Å². The number of ether oxygens (including phenoxy) is 1. The minimum Gasteiger partial charge on any atom is -0.446 e. The van der Waals surface area contributed by atoms with Crippen LogP contribution in [0.3, 0.4) is 0 Å². The summed E-state index contributed by atoms with van der Waals surface area (Å²) in [7, 11) is 0. The lowest BCUT2D eigenvalue weighted by Crippen LogP contribution is -2.34. The van der Waals surface area contributed by atoms with Crippen LogP contribution < -0.4 is 5.32 Å². The van der Waals surface area contributed by atoms with E-state index in [1.807, 2.05) is 12.2 Å². The molecule has 1 atom stereocenters. The fourth-order valence-electron chi connectivity index (χ4n) is 3.34. The van der Waals surface area contributed by atoms with Crippen molar-refractivity contribution in [1.82, 2.24) is 4.90 Å². The maximum absolute atomic E-state index is 12.3. The predicted molar refractivity (Wildman–Crippen MR) is 121 cm³/mol. The van der Waals surface area contributed by atoms with Gasteiger partial charge in [-0.15, -0.1) is 17.8 Å². The van der Waals surface area contributed by atoms with Crippen molar-refractivity contribution < 1.29 is 14.3 Å². The van der Waals surface area contributed by atoms with Gasteiger partial charge in [0, 0.05) is 36.7 Å². The first-order valence-electron chi connectivity index (χ1n) is 9.55. The van der Waals surface area contributed by atoms with Crippen LogP contribution in [0.4, 0.5) is 9.80 Å². The van der Waals surface area contributed by atoms with Crippen molar-refractivity contribution in [1.29, 1.82) is 0 Å². The quantitative estimate of drug-likeness (QED) is 0.249. The number of thiophene rings is 1. The van der Waals surface area contributed by atoms with Gasteiger partial charge in [-0.1, -0.05) is 30.7 Å². The van der Waals surface area contributed by atoms with Crippen LogP contribution in [-0.2, 0) is 22.4 Å². The van der Waals surface area contributed by atoms with Crippen molar-refractivity contribution in [2.75, 3.05) is 18.4 Å². The van der Waals surface area contributed by atoms with Crippen molar-refractivity contribution in [2.45, 2.75) is 25.4 Å². The SMILES string of the molecule is C#Cc1c(NC(=O)/C=C/C(C=C)=C/N=C)sc2c1CCC(OC(=O)N1CC=CC1)C2. The summed E-state index contributed by atoms with van der Waals surface area (Å²) in [5.74, 6) is 2.40. The number of carbonyl (C=O) groups is 2. The highest BCUT2D eigenvalue weighted by atomic mass is 32.1. The number of carbonyl (C=O) groups excluding carboxylic acids is 2. The second-order valence-corrected chi connectivity index (χ2v) is 7.92. The average Bonchev–Trinajstić information content (AvgIpc) is 3.38. The zero-order valence-corrected chi connectivity index (χ0v) is 17.4. The van der Waals surface area contributed by atoms with E-state index in [0.717, 1.165) is 10.4 Å². The van der Waals surface area contributed by atoms with E-state index in [9.17, 15) is 9.59 Å². The molecule has 2 heterocycles. The molecule has 154 valence electrons. The maximum atomic E-state index is 12.3. The first-order chi connectivity index (χ1) is 14.5. The van der Waals surface area contributed by atoms with Gasteiger partial charge >= 0.3 is 6.09 Å². The van der Waals surface area contributed by atoms with Crippen LogP contribution in [0.1, 0.15) is 22.4 Å². The summed E-state index contributed by atoms with van der Waals surface area (Å²) in [6.45, 7) is 8.22. The standard InChI is InChI=1S/C23H23N3O3S/c1-4-16(15-24-3)8-11-21(27)25-22-18(5-2)19-10-9-17(14-20(19)30-22)29-23(28)26-12-6-7-13-26/h2,4,6-8,11,15,17H,1,3,9-10,12-14H2,(H,25,27)/b11-8+,16-15+. The molecule has 6 nitrogen and oxygen atoms in total. The van der Waals surface area contributed by atoms with Crippen molar-refractivity contribution in [3.8, 4) is 12.3 Å². The molecule has 1 aromatic heterocycles. The zero-order chi connectivity index (χ0) is 21.5. The molecule has 0 fully saturated rings. The molecule has 1 aliphatic heterocycles. The lowest BCUT2D eigenvalue weighted by Gasteiger charge is -2.25. The molecule has 2 aliphatic rings. The monoisotopic (exact) mass is 421 g/mol. The number of amides is 2. The van der Waals surface area contributed by atoms with Crippen molar-refractivity contribution in [3.05, 3.63) is 64.7 Å². The minimum atomic E-state index is -0.300. The Morgan fingerprint density at radius 1 is 1.37 bits per heavy atom. The summed E-state index contributed by atoms with van der Waals surface area (Å²) in [4.78, 5) is 30.9. The Morgan fingerprint density at radius 2 is 2.13 bits per heavy atom. The summed E-state index contributed by atoms with van der Waals surface area (Å²) >= 11 is 1.44. The molecule has 2 amide bonds. The number of anilines is 1. The highest BCUT2D eigenvalue weighted by Gasteiger charge is 2.29. The number of hydrogen-bond donors (Lipinski definition) is 1. The van der Waals surface area contributed by atoms with Crippen molar-refractivity contribution in [3.63, 3.8) is 0 Å². The third kappa shape index (κ3) is 4.97. The van der Waals surface area contributed by atoms with Gasteiger partial charge in [-0.25, -0.2) is 4.79 Å². The van der Waals surface area contributed by atoms with Gasteiger partial charge in [-0.3, -0.25) is 9.79 Å². The van der Waals surface area contributed by atoms with Gasteiger partial charge in [-0.2, -0.15) is 0 Å². The maximum Gasteiger partial charge on any atom is 0.410 e. The average molecular weight is 422 g/mol. The van der Waals surface area contributed by atoms with Gasteiger partial charge in [0.1, 0.15) is 11.1 Å². The predicted octanol–water partition coefficient (Wildman–Crippen LogP) is 3.86. The smallest absolute Gasteiger partial charge is 0.410 e. The summed E-state index contributed by atoms with van der Waals surface area (Å²) in [6, 6.07) is 0. The highest BCUT2D eigenvalue weighted by Crippen LogP contribution is 2.38. The normalized spacial score (nSPS) is 18.0. The molecule has 1 aromatic rings. The van der Waals surface area contributed by atoms with Crippen LogP contribution in [0.15, 0.2) is 53.7 Å². The lowest BCUT2D eigenvalue weighted by molar-refractivity contribution is -0.111. The van der Waals surface area contributed by atoms with Crippen LogP contribution in [-0.4, -0.2) is 42.8 Å². The molecule has 1 unspecified atom stereocenters. The zero-order valence-electron chi connectivity index (χ0n) is 16.6. The Labute approximate surface area is 180 Å². The fourth-order valence-corrected chi connectivity index (χ4v) is 4.61. The second kappa shape index (κ2) is 9.90. The molecule has 0 aromatic carbocycles. The van der Waals surface area contributed by atoms with Gasteiger partial charge in [0.2, 0.25) is 5.91 Å². The Hall–Kier alpha value is -3.37. The summed E-state index contributed by atoms with van der Waals surface area (Å²) in [5.41, 5.74) is 2.43. The number of nitrogens with one attached hydrogen (secondary N) is 1. The number of rotatable bonds is 6. The number of hydrogen-bond acceptors (Lipinski definition) is 5. The van der Waals surface area contributed by atoms with Crippen LogP contribution in [0.5, 0.6) is 0 Å². The van der Waals surface area contributed by atoms with Crippen LogP contribution >= 0.6 is 11.3 Å². The fraction of sp³-hybridized carbons (Fsp3) is 0.261. The van der Waals surface area contributed by atoms with Gasteiger partial charge in [0.15, 0.2) is 0 Å². The van der Waals surface area contributed by atoms with Crippen molar-refractivity contribution >= 4 is 35.1 Å². The minimum absolute atomic E-state index is 0.190. The van der Waals surface area contributed by atoms with E-state index in [1.54, 1.807) is 17.1 Å². The summed E-state index contributed by atoms with van der Waals surface area (Å²) in [5, 5.41) is 3.50. The largest absolute Gasteiger partial charge is 0.446 e. The third-order valence-electron chi connectivity index (χ3n) is 4.85. The van der Waals surface area contributed by atoms with Crippen molar-refractivity contribution in [2.24, 2.45) is 4.99 Å². The van der Waals surface area contributed by atoms with Gasteiger partial charge < -0.3 is 15.0 Å². The topological polar surface area (TPSA) is 71.0 Å². The molecule has 1 N–H and O–H groups in total. The lowest BCUT2D eigenvalue weighted by atomic mass is 9.93. The molecule has 30 heavy (non-hydrogen) atoms. The molecule has 0 saturated carbocycles. The second-order valence-electron chi connectivity index (χ2n) is 6.82. The van der Waals surface area contributed by atoms with Gasteiger partial charge in [0.05, 0.1) is 5.56 Å². The number of fused-ring (bicyclic) bond motifs is 1. The Morgan fingerprint density at radius 3 is 2.80 bits per heavy atom. The van der Waals surface area contributed by atoms with Crippen LogP contribution in [0.25, 0.3) is 0 Å². The van der Waals surface area contributed by atoms with Gasteiger partial charge in [-0.05, 0) is 36.8 Å². The molecule has 0 saturated heterocycles. The number of aliphatic imine (C=N–C) groups is 1. The Kier molecular flexibility index (Phi) is 7.04. The van der Waals surface area contributed by atoms with E-state index in [0.29, 0.717) is 48.5 Å². The van der Waals surface area contributed by atoms with E-state index < -0.39 is 0 Å². The molecular formula is C23H23N3O3S. The van der Waals surface area contributed by atoms with Crippen LogP contribution in [0, 0.1) is 12.3 Å². The highest BCUT2D eigenvalue weighted by molar-refractivity contribution is 7.16. The number of allylic oxidation sites excluding steroid dienone is 3. The molecule has 1 aliphatic carbocycles. The van der Waals surface area contributed by atoms with Crippen LogP contribution in [0.2, 0.25) is 0 Å². The Balaban J connectivity index is 1.67. The first kappa shape index (κ1) is 21.3. The molecule has 0 bridgehead atoms. The van der Waals surface area contributed by atoms with E-state index in [2.05, 4.69) is 29.5 Å². The Bertz CT molecular complexity index is 986. The molecule has 3 rings (SSSR count). The molecule has 0 spiro atoms. The third-order valence-corrected chi connectivity index (χ3v) is 6.02. The first-order valence-corrected chi connectivity index (χ1v) is 10.4.